The van der Waals surface area contributed by atoms with Gasteiger partial charge in [-0.05, 0) is 24.3 Å². The number of nitrogens with zero attached hydrogens (tertiary/aromatic N) is 1. The van der Waals surface area contributed by atoms with Gasteiger partial charge in [-0.1, -0.05) is 12.1 Å². The second kappa shape index (κ2) is 9.67. The Balaban J connectivity index is 1.97. The molecule has 0 unspecified atom stereocenters. The van der Waals surface area contributed by atoms with Crippen LogP contribution in [0.5, 0.6) is 17.2 Å². The first-order chi connectivity index (χ1) is 12.6. The molecule has 0 aliphatic carbocycles. The first-order valence-corrected chi connectivity index (χ1v) is 8.56. The average molecular weight is 378 g/mol. The van der Waals surface area contributed by atoms with Gasteiger partial charge in [-0.2, -0.15) is 5.10 Å². The van der Waals surface area contributed by atoms with Gasteiger partial charge in [-0.25, -0.2) is 9.82 Å². The van der Waals surface area contributed by atoms with Gasteiger partial charge >= 0.3 is 0 Å². The van der Waals surface area contributed by atoms with Crippen LogP contribution in [0.15, 0.2) is 46.4 Å². The number of rotatable bonds is 8. The van der Waals surface area contributed by atoms with Crippen LogP contribution >= 0.6 is 11.8 Å². The topological polar surface area (TPSA) is 69.2 Å². The molecule has 8 heteroatoms. The molecule has 0 fully saturated rings. The summed E-state index contributed by atoms with van der Waals surface area (Å²) in [6, 6.07) is 9.68. The van der Waals surface area contributed by atoms with E-state index in [2.05, 4.69) is 10.5 Å². The molecule has 6 nitrogen and oxygen atoms in total. The van der Waals surface area contributed by atoms with Crippen LogP contribution < -0.4 is 19.6 Å². The number of thioether (sulfide) groups is 1. The first-order valence-electron chi connectivity index (χ1n) is 7.58. The van der Waals surface area contributed by atoms with Gasteiger partial charge in [-0.15, -0.1) is 11.8 Å². The molecule has 0 heterocycles. The molecule has 0 saturated heterocycles. The summed E-state index contributed by atoms with van der Waals surface area (Å²) >= 11 is 1.10. The third-order valence-electron chi connectivity index (χ3n) is 3.29. The highest BCUT2D eigenvalue weighted by atomic mass is 32.2. The van der Waals surface area contributed by atoms with Crippen molar-refractivity contribution in [2.45, 2.75) is 4.90 Å². The molecule has 0 aliphatic rings. The highest BCUT2D eigenvalue weighted by Gasteiger charge is 2.12. The summed E-state index contributed by atoms with van der Waals surface area (Å²) in [5.41, 5.74) is 3.05. The molecule has 1 N–H and O–H groups in total. The zero-order valence-electron chi connectivity index (χ0n) is 14.6. The Hall–Kier alpha value is -2.74. The molecule has 0 aliphatic heterocycles. The van der Waals surface area contributed by atoms with E-state index >= 15 is 0 Å². The summed E-state index contributed by atoms with van der Waals surface area (Å²) in [5, 5.41) is 3.90. The SMILES string of the molecule is COc1cc(/C=N/NC(=O)CSc2ccccc2F)cc(OC)c1OC. The van der Waals surface area contributed by atoms with Gasteiger partial charge < -0.3 is 14.2 Å². The first kappa shape index (κ1) is 19.6. The molecule has 0 atom stereocenters. The van der Waals surface area contributed by atoms with Gasteiger partial charge in [0.2, 0.25) is 11.7 Å². The van der Waals surface area contributed by atoms with Crippen molar-refractivity contribution in [3.8, 4) is 17.2 Å². The van der Waals surface area contributed by atoms with Crippen LogP contribution in [-0.4, -0.2) is 39.2 Å². The van der Waals surface area contributed by atoms with Crippen molar-refractivity contribution in [1.82, 2.24) is 5.43 Å². The number of hydrogen-bond donors (Lipinski definition) is 1. The molecule has 1 amide bonds. The Morgan fingerprint density at radius 2 is 1.81 bits per heavy atom. The average Bonchev–Trinajstić information content (AvgIpc) is 2.66. The monoisotopic (exact) mass is 378 g/mol. The van der Waals surface area contributed by atoms with E-state index in [0.29, 0.717) is 27.7 Å². The number of amides is 1. The molecular weight excluding hydrogens is 359 g/mol. The van der Waals surface area contributed by atoms with Crippen LogP contribution in [0.1, 0.15) is 5.56 Å². The zero-order valence-corrected chi connectivity index (χ0v) is 15.4. The molecule has 0 saturated carbocycles. The Morgan fingerprint density at radius 1 is 1.15 bits per heavy atom. The largest absolute Gasteiger partial charge is 0.493 e. The molecule has 2 aromatic rings. The zero-order chi connectivity index (χ0) is 18.9. The van der Waals surface area contributed by atoms with E-state index in [-0.39, 0.29) is 17.5 Å². The number of carbonyl (C=O) groups is 1. The quantitative estimate of drug-likeness (QED) is 0.434. The van der Waals surface area contributed by atoms with Crippen LogP contribution in [0.4, 0.5) is 4.39 Å². The second-order valence-electron chi connectivity index (χ2n) is 4.97. The van der Waals surface area contributed by atoms with Gasteiger partial charge in [0.1, 0.15) is 5.82 Å². The molecular formula is C18H19FN2O4S. The molecule has 0 radical (unpaired) electrons. The second-order valence-corrected chi connectivity index (χ2v) is 5.99. The van der Waals surface area contributed by atoms with Crippen LogP contribution in [-0.2, 0) is 4.79 Å². The molecule has 0 spiro atoms. The van der Waals surface area contributed by atoms with Crippen LogP contribution in [0.3, 0.4) is 0 Å². The van der Waals surface area contributed by atoms with E-state index in [1.807, 2.05) is 0 Å². The third kappa shape index (κ3) is 5.13. The van der Waals surface area contributed by atoms with Crippen molar-refractivity contribution in [2.75, 3.05) is 27.1 Å². The number of ether oxygens (including phenoxy) is 3. The van der Waals surface area contributed by atoms with Crippen molar-refractivity contribution < 1.29 is 23.4 Å². The normalized spacial score (nSPS) is 10.6. The van der Waals surface area contributed by atoms with E-state index in [1.165, 1.54) is 33.6 Å². The van der Waals surface area contributed by atoms with E-state index in [4.69, 9.17) is 14.2 Å². The molecule has 0 aromatic heterocycles. The minimum Gasteiger partial charge on any atom is -0.493 e. The summed E-state index contributed by atoms with van der Waals surface area (Å²) in [6.45, 7) is 0. The minimum atomic E-state index is -0.355. The van der Waals surface area contributed by atoms with E-state index < -0.39 is 0 Å². The lowest BCUT2D eigenvalue weighted by atomic mass is 10.2. The summed E-state index contributed by atoms with van der Waals surface area (Å²) in [6.07, 6.45) is 1.45. The number of benzene rings is 2. The highest BCUT2D eigenvalue weighted by Crippen LogP contribution is 2.37. The number of hydrogen-bond acceptors (Lipinski definition) is 6. The number of methoxy groups -OCH3 is 3. The van der Waals surface area contributed by atoms with E-state index in [0.717, 1.165) is 11.8 Å². The third-order valence-corrected chi connectivity index (χ3v) is 4.33. The van der Waals surface area contributed by atoms with Crippen molar-refractivity contribution in [2.24, 2.45) is 5.10 Å². The summed E-state index contributed by atoms with van der Waals surface area (Å²) in [4.78, 5) is 12.2. The predicted octanol–water partition coefficient (Wildman–Crippen LogP) is 3.09. The fraction of sp³-hybridized carbons (Fsp3) is 0.222. The summed E-state index contributed by atoms with van der Waals surface area (Å²) < 4.78 is 29.2. The van der Waals surface area contributed by atoms with Crippen molar-refractivity contribution >= 4 is 23.9 Å². The maximum Gasteiger partial charge on any atom is 0.250 e. The van der Waals surface area contributed by atoms with Crippen LogP contribution in [0.25, 0.3) is 0 Å². The standard InChI is InChI=1S/C18H19FN2O4S/c1-23-14-8-12(9-15(24-2)18(14)25-3)10-20-21-17(22)11-26-16-7-5-4-6-13(16)19/h4-10H,11H2,1-3H3,(H,21,22)/b20-10+. The Bertz CT molecular complexity index is 774. The lowest BCUT2D eigenvalue weighted by molar-refractivity contribution is -0.118. The molecule has 2 rings (SSSR count). The van der Waals surface area contributed by atoms with Crippen molar-refractivity contribution in [3.63, 3.8) is 0 Å². The Kier molecular flexibility index (Phi) is 7.28. The van der Waals surface area contributed by atoms with Gasteiger partial charge in [0, 0.05) is 10.5 Å². The Labute approximate surface area is 155 Å². The lowest BCUT2D eigenvalue weighted by Gasteiger charge is -2.12. The summed E-state index contributed by atoms with van der Waals surface area (Å²) in [7, 11) is 4.54. The predicted molar refractivity (Wildman–Crippen MR) is 99.0 cm³/mol. The minimum absolute atomic E-state index is 0.0491. The maximum atomic E-state index is 13.5. The van der Waals surface area contributed by atoms with Gasteiger partial charge in [0.25, 0.3) is 0 Å². The van der Waals surface area contributed by atoms with Gasteiger partial charge in [-0.3, -0.25) is 4.79 Å². The molecule has 26 heavy (non-hydrogen) atoms. The van der Waals surface area contributed by atoms with Gasteiger partial charge in [0.15, 0.2) is 11.5 Å². The molecule has 138 valence electrons. The molecule has 0 bridgehead atoms. The van der Waals surface area contributed by atoms with Crippen LogP contribution in [0, 0.1) is 5.82 Å². The maximum absolute atomic E-state index is 13.5. The van der Waals surface area contributed by atoms with E-state index in [1.54, 1.807) is 30.3 Å². The van der Waals surface area contributed by atoms with Crippen LogP contribution in [0.2, 0.25) is 0 Å². The number of hydrazone groups is 1. The highest BCUT2D eigenvalue weighted by molar-refractivity contribution is 8.00. The number of carbonyl (C=O) groups excluding carboxylic acids is 1. The lowest BCUT2D eigenvalue weighted by Crippen LogP contribution is -2.19. The van der Waals surface area contributed by atoms with Crippen molar-refractivity contribution in [1.29, 1.82) is 0 Å². The fourth-order valence-electron chi connectivity index (χ4n) is 2.09. The smallest absolute Gasteiger partial charge is 0.250 e. The number of nitrogens with one attached hydrogen (secondary N) is 1. The Morgan fingerprint density at radius 3 is 2.38 bits per heavy atom. The van der Waals surface area contributed by atoms with Crippen molar-refractivity contribution in [3.05, 3.63) is 47.8 Å². The fourth-order valence-corrected chi connectivity index (χ4v) is 2.82. The number of halogens is 1. The molecule has 2 aromatic carbocycles. The van der Waals surface area contributed by atoms with Gasteiger partial charge in [0.05, 0.1) is 33.3 Å². The van der Waals surface area contributed by atoms with E-state index in [9.17, 15) is 9.18 Å². The summed E-state index contributed by atoms with van der Waals surface area (Å²) in [5.74, 6) is 0.781.